The Morgan fingerprint density at radius 1 is 0.436 bits per heavy atom. The first-order valence-corrected chi connectivity index (χ1v) is 34.2. The predicted octanol–water partition coefficient (Wildman–Crippen LogP) is 17.1. The van der Waals surface area contributed by atoms with Gasteiger partial charge in [-0.1, -0.05) is 334 Å². The van der Waals surface area contributed by atoms with Gasteiger partial charge in [-0.2, -0.15) is 0 Å². The largest absolute Gasteiger partial charge is 0.394 e. The molecular formula is C68H131NO9. The molecule has 1 fully saturated rings. The number of nitrogens with one attached hydrogen (secondary N) is 1. The average molecular weight is 1110 g/mol. The van der Waals surface area contributed by atoms with Crippen LogP contribution in [0.5, 0.6) is 0 Å². The fourth-order valence-electron chi connectivity index (χ4n) is 11.2. The van der Waals surface area contributed by atoms with Crippen molar-refractivity contribution < 1.29 is 44.9 Å². The second-order valence-electron chi connectivity index (χ2n) is 24.1. The van der Waals surface area contributed by atoms with Gasteiger partial charge in [0.2, 0.25) is 5.91 Å². The summed E-state index contributed by atoms with van der Waals surface area (Å²) in [5.41, 5.74) is 0. The van der Waals surface area contributed by atoms with E-state index in [0.717, 1.165) is 38.5 Å². The lowest BCUT2D eigenvalue weighted by Gasteiger charge is -2.40. The van der Waals surface area contributed by atoms with Crippen LogP contribution in [0.1, 0.15) is 341 Å². The fraction of sp³-hybridized carbons (Fsp3) is 0.926. The number of hydrogen-bond donors (Lipinski definition) is 7. The summed E-state index contributed by atoms with van der Waals surface area (Å²) < 4.78 is 11.2. The third kappa shape index (κ3) is 45.2. The van der Waals surface area contributed by atoms with Crippen LogP contribution in [0.25, 0.3) is 0 Å². The van der Waals surface area contributed by atoms with Crippen molar-refractivity contribution in [2.24, 2.45) is 0 Å². The van der Waals surface area contributed by atoms with Crippen LogP contribution < -0.4 is 5.32 Å². The molecule has 8 unspecified atom stereocenters. The molecule has 78 heavy (non-hydrogen) atoms. The molecule has 10 heteroatoms. The number of aliphatic hydroxyl groups excluding tert-OH is 6. The molecule has 1 heterocycles. The van der Waals surface area contributed by atoms with Crippen molar-refractivity contribution in [1.82, 2.24) is 5.32 Å². The minimum Gasteiger partial charge on any atom is -0.394 e. The Bertz CT molecular complexity index is 1300. The summed E-state index contributed by atoms with van der Waals surface area (Å²) in [6.45, 7) is 3.64. The van der Waals surface area contributed by atoms with Crippen LogP contribution in [-0.4, -0.2) is 98.7 Å². The molecule has 7 N–H and O–H groups in total. The van der Waals surface area contributed by atoms with E-state index in [-0.39, 0.29) is 6.61 Å². The highest BCUT2D eigenvalue weighted by atomic mass is 16.7. The second-order valence-corrected chi connectivity index (χ2v) is 24.1. The zero-order valence-electron chi connectivity index (χ0n) is 51.3. The molecule has 1 amide bonds. The van der Waals surface area contributed by atoms with E-state index in [1.54, 1.807) is 6.08 Å². The monoisotopic (exact) mass is 1110 g/mol. The molecule has 0 aromatic carbocycles. The first-order chi connectivity index (χ1) is 38.3. The van der Waals surface area contributed by atoms with E-state index in [1.807, 2.05) is 6.08 Å². The van der Waals surface area contributed by atoms with Gasteiger partial charge in [-0.25, -0.2) is 0 Å². The van der Waals surface area contributed by atoms with Crippen LogP contribution >= 0.6 is 0 Å². The average Bonchev–Trinajstić information content (AvgIpc) is 3.44. The van der Waals surface area contributed by atoms with Crippen LogP contribution in [-0.2, 0) is 14.3 Å². The summed E-state index contributed by atoms with van der Waals surface area (Å²) in [5, 5.41) is 65.2. The fourth-order valence-corrected chi connectivity index (χ4v) is 11.2. The Labute approximate surface area is 482 Å². The molecule has 1 rings (SSSR count). The van der Waals surface area contributed by atoms with Gasteiger partial charge in [0.05, 0.1) is 25.4 Å². The van der Waals surface area contributed by atoms with Crippen molar-refractivity contribution in [2.45, 2.75) is 390 Å². The number of unbranched alkanes of at least 4 members (excludes halogenated alkanes) is 47. The highest BCUT2D eigenvalue weighted by molar-refractivity contribution is 5.80. The van der Waals surface area contributed by atoms with Crippen LogP contribution in [0.15, 0.2) is 24.3 Å². The van der Waals surface area contributed by atoms with Crippen molar-refractivity contribution >= 4 is 5.91 Å². The van der Waals surface area contributed by atoms with E-state index in [4.69, 9.17) is 9.47 Å². The molecule has 0 aromatic rings. The van der Waals surface area contributed by atoms with Crippen molar-refractivity contribution in [2.75, 3.05) is 13.2 Å². The van der Waals surface area contributed by atoms with Gasteiger partial charge in [0.25, 0.3) is 0 Å². The smallest absolute Gasteiger partial charge is 0.249 e. The summed E-state index contributed by atoms with van der Waals surface area (Å²) in [4.78, 5) is 13.2. The summed E-state index contributed by atoms with van der Waals surface area (Å²) in [5.74, 6) is -0.619. The van der Waals surface area contributed by atoms with Crippen molar-refractivity contribution in [3.63, 3.8) is 0 Å². The van der Waals surface area contributed by atoms with Gasteiger partial charge < -0.3 is 45.4 Å². The lowest BCUT2D eigenvalue weighted by atomic mass is 9.99. The van der Waals surface area contributed by atoms with Crippen LogP contribution in [0.2, 0.25) is 0 Å². The molecule has 10 nitrogen and oxygen atoms in total. The molecular weight excluding hydrogens is 975 g/mol. The number of carbonyl (C=O) groups is 1. The van der Waals surface area contributed by atoms with E-state index >= 15 is 0 Å². The number of rotatable bonds is 60. The summed E-state index contributed by atoms with van der Waals surface area (Å²) in [6.07, 6.45) is 64.8. The number of amides is 1. The van der Waals surface area contributed by atoms with Gasteiger partial charge in [0.1, 0.15) is 30.5 Å². The number of carbonyl (C=O) groups excluding carboxylic acids is 1. The maximum absolute atomic E-state index is 13.2. The van der Waals surface area contributed by atoms with Crippen molar-refractivity contribution in [3.8, 4) is 0 Å². The van der Waals surface area contributed by atoms with Gasteiger partial charge in [0, 0.05) is 0 Å². The van der Waals surface area contributed by atoms with E-state index in [2.05, 4.69) is 31.3 Å². The first-order valence-electron chi connectivity index (χ1n) is 34.2. The maximum Gasteiger partial charge on any atom is 0.249 e. The topological polar surface area (TPSA) is 169 Å². The summed E-state index contributed by atoms with van der Waals surface area (Å²) >= 11 is 0. The Morgan fingerprint density at radius 2 is 0.756 bits per heavy atom. The third-order valence-electron chi connectivity index (χ3n) is 16.6. The van der Waals surface area contributed by atoms with Gasteiger partial charge >= 0.3 is 0 Å². The Hall–Kier alpha value is -1.37. The highest BCUT2D eigenvalue weighted by Crippen LogP contribution is 2.23. The lowest BCUT2D eigenvalue weighted by molar-refractivity contribution is -0.302. The first kappa shape index (κ1) is 74.6. The normalized spacial score (nSPS) is 19.1. The van der Waals surface area contributed by atoms with Gasteiger partial charge in [0.15, 0.2) is 6.29 Å². The quantitative estimate of drug-likeness (QED) is 0.0232. The van der Waals surface area contributed by atoms with Crippen molar-refractivity contribution in [3.05, 3.63) is 24.3 Å². The van der Waals surface area contributed by atoms with Crippen LogP contribution in [0.4, 0.5) is 0 Å². The number of hydrogen-bond acceptors (Lipinski definition) is 9. The highest BCUT2D eigenvalue weighted by Gasteiger charge is 2.44. The Morgan fingerprint density at radius 3 is 1.12 bits per heavy atom. The molecule has 8 atom stereocenters. The molecule has 1 aliphatic heterocycles. The van der Waals surface area contributed by atoms with E-state index in [9.17, 15) is 35.4 Å². The molecule has 1 aliphatic rings. The van der Waals surface area contributed by atoms with Gasteiger partial charge in [-0.15, -0.1) is 0 Å². The number of ether oxygens (including phenoxy) is 2. The van der Waals surface area contributed by atoms with Crippen LogP contribution in [0.3, 0.4) is 0 Å². The minimum atomic E-state index is -1.61. The zero-order chi connectivity index (χ0) is 56.6. The SMILES string of the molecule is CCCCCCCCCCCCC/C=C/CC/C=C/C(O)C(COC1OC(CO)C(O)C(O)C1O)NC(=O)C(O)CCCCCCCCCCCCCCCCCCCCCCCCCCCCCCCCCCCCCC. The molecule has 0 spiro atoms. The molecule has 0 aromatic heterocycles. The second kappa shape index (κ2) is 57.4. The third-order valence-corrected chi connectivity index (χ3v) is 16.6. The molecule has 0 aliphatic carbocycles. The van der Waals surface area contributed by atoms with E-state index < -0.39 is 61.5 Å². The van der Waals surface area contributed by atoms with E-state index in [0.29, 0.717) is 12.8 Å². The molecule has 0 saturated carbocycles. The summed E-state index contributed by atoms with van der Waals surface area (Å²) in [6, 6.07) is -0.995. The van der Waals surface area contributed by atoms with Crippen molar-refractivity contribution in [1.29, 1.82) is 0 Å². The maximum atomic E-state index is 13.2. The zero-order valence-corrected chi connectivity index (χ0v) is 51.3. The van der Waals surface area contributed by atoms with E-state index in [1.165, 1.54) is 276 Å². The number of aliphatic hydroxyl groups is 6. The van der Waals surface area contributed by atoms with Gasteiger partial charge in [-0.3, -0.25) is 4.79 Å². The lowest BCUT2D eigenvalue weighted by Crippen LogP contribution is -2.60. The molecule has 0 radical (unpaired) electrons. The van der Waals surface area contributed by atoms with Gasteiger partial charge in [-0.05, 0) is 32.1 Å². The predicted molar refractivity (Wildman–Crippen MR) is 329 cm³/mol. The summed E-state index contributed by atoms with van der Waals surface area (Å²) in [7, 11) is 0. The molecule has 462 valence electrons. The Kier molecular flexibility index (Phi) is 55.0. The number of allylic oxidation sites excluding steroid dienone is 3. The van der Waals surface area contributed by atoms with Crippen LogP contribution in [0, 0.1) is 0 Å². The molecule has 0 bridgehead atoms. The minimum absolute atomic E-state index is 0.309. The standard InChI is InChI=1S/C68H131NO9/c1-3-5-7-9-11-13-15-17-19-21-22-23-24-25-26-27-28-29-30-31-32-33-34-35-36-37-38-39-41-43-45-47-49-51-53-55-57-62(72)67(76)69-60(59-77-68-66(75)65(74)64(73)63(58-70)78-68)61(71)56-54-52-50-48-46-44-42-40-20-18-16-14-12-10-8-6-4-2/h46,48,54,56,60-66,68,70-75H,3-45,47,49-53,55,57-59H2,1-2H3,(H,69,76)/b48-46+,56-54+. The molecule has 1 saturated heterocycles. The Balaban J connectivity index is 2.10.